The van der Waals surface area contributed by atoms with Crippen LogP contribution < -0.4 is 20.4 Å². The van der Waals surface area contributed by atoms with Crippen molar-refractivity contribution >= 4 is 40.9 Å². The fraction of sp³-hybridized carbons (Fsp3) is 0.524. The van der Waals surface area contributed by atoms with Crippen molar-refractivity contribution < 1.29 is 33.1 Å². The number of hydrogen-bond donors (Lipinski definition) is 3. The molecule has 4 saturated heterocycles. The van der Waals surface area contributed by atoms with Gasteiger partial charge in [0.05, 0.1) is 16.9 Å². The number of piperidine rings is 2. The zero-order valence-corrected chi connectivity index (χ0v) is 33.6. The fourth-order valence-electron chi connectivity index (χ4n) is 10.3. The van der Waals surface area contributed by atoms with Crippen LogP contribution in [0.15, 0.2) is 36.4 Å². The molecule has 6 aliphatic rings. The van der Waals surface area contributed by atoms with Gasteiger partial charge in [0.2, 0.25) is 11.8 Å². The number of nitrogens with zero attached hydrogens (tertiary/aromatic N) is 8. The number of nitrogens with one attached hydrogen (secondary N) is 2. The van der Waals surface area contributed by atoms with Crippen molar-refractivity contribution in [3.63, 3.8) is 0 Å². The van der Waals surface area contributed by atoms with Crippen LogP contribution >= 0.6 is 0 Å². The van der Waals surface area contributed by atoms with E-state index in [1.807, 2.05) is 21.9 Å². The number of aromatic hydroxyl groups is 1. The van der Waals surface area contributed by atoms with Crippen LogP contribution in [-0.4, -0.2) is 141 Å². The number of urea groups is 1. The number of amides is 5. The van der Waals surface area contributed by atoms with Crippen molar-refractivity contribution in [1.29, 1.82) is 0 Å². The number of benzene rings is 2. The number of fused-ring (bicyclic) bond motifs is 4. The molecule has 15 nitrogen and oxygen atoms in total. The van der Waals surface area contributed by atoms with E-state index < -0.39 is 34.9 Å². The number of anilines is 3. The van der Waals surface area contributed by atoms with Crippen LogP contribution in [0, 0.1) is 17.6 Å². The first-order chi connectivity index (χ1) is 28.3. The smallest absolute Gasteiger partial charge is 0.320 e. The molecule has 2 aromatic carbocycles. The molecular formula is C42H50F2N10O5. The van der Waals surface area contributed by atoms with Gasteiger partial charge in [-0.25, -0.2) is 13.6 Å². The van der Waals surface area contributed by atoms with E-state index in [4.69, 9.17) is 0 Å². The summed E-state index contributed by atoms with van der Waals surface area (Å²) in [6.45, 7) is 13.0. The molecule has 0 aliphatic carbocycles. The quantitative estimate of drug-likeness (QED) is 0.324. The third-order valence-corrected chi connectivity index (χ3v) is 13.3. The van der Waals surface area contributed by atoms with E-state index in [1.54, 1.807) is 11.0 Å². The molecule has 7 heterocycles. The highest BCUT2D eigenvalue weighted by molar-refractivity contribution is 6.05. The van der Waals surface area contributed by atoms with Crippen molar-refractivity contribution in [3.05, 3.63) is 59.2 Å². The summed E-state index contributed by atoms with van der Waals surface area (Å²) in [6.07, 6.45) is 2.61. The molecule has 0 spiro atoms. The lowest BCUT2D eigenvalue weighted by Gasteiger charge is -2.54. The lowest BCUT2D eigenvalue weighted by atomic mass is 9.92. The number of piperazine rings is 2. The minimum atomic E-state index is -1.07. The van der Waals surface area contributed by atoms with Crippen molar-refractivity contribution in [2.24, 2.45) is 5.92 Å². The second kappa shape index (κ2) is 14.9. The number of phenolic OH excluding ortho intramolecular Hbond substituents is 1. The monoisotopic (exact) mass is 812 g/mol. The Kier molecular flexibility index (Phi) is 9.83. The Labute approximate surface area is 341 Å². The summed E-state index contributed by atoms with van der Waals surface area (Å²) in [7, 11) is 0. The molecule has 0 bridgehead atoms. The van der Waals surface area contributed by atoms with E-state index in [1.165, 1.54) is 0 Å². The summed E-state index contributed by atoms with van der Waals surface area (Å²) in [6, 6.07) is 8.79. The molecule has 17 heteroatoms. The highest BCUT2D eigenvalue weighted by atomic mass is 19.1. The van der Waals surface area contributed by atoms with Gasteiger partial charge in [0, 0.05) is 107 Å². The van der Waals surface area contributed by atoms with Crippen molar-refractivity contribution in [1.82, 2.24) is 35.1 Å². The molecule has 4 atom stereocenters. The van der Waals surface area contributed by atoms with Crippen molar-refractivity contribution in [2.45, 2.75) is 76.7 Å². The van der Waals surface area contributed by atoms with Crippen LogP contribution in [0.5, 0.6) is 5.75 Å². The summed E-state index contributed by atoms with van der Waals surface area (Å²) in [5.41, 5.74) is 2.82. The van der Waals surface area contributed by atoms with Crippen LogP contribution in [0.25, 0.3) is 11.3 Å². The summed E-state index contributed by atoms with van der Waals surface area (Å²) in [5, 5.41) is 24.5. The largest absolute Gasteiger partial charge is 0.504 e. The maximum atomic E-state index is 14.3. The van der Waals surface area contributed by atoms with Crippen LogP contribution in [0.4, 0.5) is 30.8 Å². The zero-order valence-electron chi connectivity index (χ0n) is 33.6. The number of halogens is 2. The lowest BCUT2D eigenvalue weighted by Crippen LogP contribution is -2.69. The Bertz CT molecular complexity index is 2210. The van der Waals surface area contributed by atoms with Gasteiger partial charge in [0.25, 0.3) is 5.91 Å². The summed E-state index contributed by atoms with van der Waals surface area (Å²) >= 11 is 0. The van der Waals surface area contributed by atoms with Gasteiger partial charge >= 0.3 is 6.03 Å². The normalized spacial score (nSPS) is 26.4. The highest BCUT2D eigenvalue weighted by Crippen LogP contribution is 2.41. The third kappa shape index (κ3) is 7.06. The van der Waals surface area contributed by atoms with E-state index in [0.29, 0.717) is 68.2 Å². The molecule has 0 unspecified atom stereocenters. The van der Waals surface area contributed by atoms with Gasteiger partial charge in [0.1, 0.15) is 11.9 Å². The average molecular weight is 813 g/mol. The maximum Gasteiger partial charge on any atom is 0.320 e. The number of rotatable bonds is 5. The first-order valence-electron chi connectivity index (χ1n) is 20.7. The Morgan fingerprint density at radius 1 is 0.949 bits per heavy atom. The molecule has 4 fully saturated rings. The number of imide groups is 1. The van der Waals surface area contributed by atoms with E-state index in [9.17, 15) is 33.1 Å². The molecule has 5 amide bonds. The molecule has 1 aromatic heterocycles. The van der Waals surface area contributed by atoms with Gasteiger partial charge in [0.15, 0.2) is 17.4 Å². The van der Waals surface area contributed by atoms with Gasteiger partial charge in [-0.3, -0.25) is 24.6 Å². The van der Waals surface area contributed by atoms with Gasteiger partial charge in [-0.1, -0.05) is 6.07 Å². The predicted molar refractivity (Wildman–Crippen MR) is 215 cm³/mol. The molecule has 3 N–H and O–H groups in total. The molecular weight excluding hydrogens is 763 g/mol. The Morgan fingerprint density at radius 2 is 1.71 bits per heavy atom. The van der Waals surface area contributed by atoms with Crippen molar-refractivity contribution in [3.8, 4) is 17.0 Å². The second-order valence-corrected chi connectivity index (χ2v) is 17.4. The van der Waals surface area contributed by atoms with Crippen LogP contribution in [-0.2, 0) is 16.1 Å². The fourth-order valence-corrected chi connectivity index (χ4v) is 10.3. The number of carbonyl (C=O) groups is 4. The summed E-state index contributed by atoms with van der Waals surface area (Å²) in [4.78, 5) is 64.4. The minimum absolute atomic E-state index is 0.0169. The standard InChI is InChI=1S/C42H50F2N10O5/c1-24-18-49(20-26-8-10-50(11-9-26)29-5-4-27-21-52(40(58)30(27)16-29)34-6-7-36(55)46-39(34)57)19-25(2)54(24)41(59)51-12-13-53-35-17-33(31-14-28(43)15-32(44)37(31)56)47-48-38(35)45-22-42(53,3)23-51/h4-5,14-17,24-26,34,56H,6-13,18-23H2,1-3H3,(H,45,48)(H,46,55,57)/t24-,25-,34+,42-/m1/s1. The average Bonchev–Trinajstić information content (AvgIpc) is 3.53. The lowest BCUT2D eigenvalue weighted by molar-refractivity contribution is -0.136. The van der Waals surface area contributed by atoms with Gasteiger partial charge in [-0.05, 0) is 75.8 Å². The maximum absolute atomic E-state index is 14.3. The number of phenols is 1. The van der Waals surface area contributed by atoms with E-state index in [0.717, 1.165) is 62.9 Å². The summed E-state index contributed by atoms with van der Waals surface area (Å²) < 4.78 is 28.3. The Hall–Kier alpha value is -5.58. The first kappa shape index (κ1) is 38.9. The van der Waals surface area contributed by atoms with E-state index in [-0.39, 0.29) is 47.6 Å². The number of hydrogen-bond acceptors (Lipinski definition) is 11. The molecule has 6 aliphatic heterocycles. The zero-order chi connectivity index (χ0) is 41.3. The summed E-state index contributed by atoms with van der Waals surface area (Å²) in [5.74, 6) is -2.40. The van der Waals surface area contributed by atoms with E-state index in [2.05, 4.69) is 62.4 Å². The van der Waals surface area contributed by atoms with Crippen LogP contribution in [0.1, 0.15) is 62.4 Å². The van der Waals surface area contributed by atoms with Crippen molar-refractivity contribution in [2.75, 3.05) is 74.0 Å². The van der Waals surface area contributed by atoms with Crippen LogP contribution in [0.2, 0.25) is 0 Å². The van der Waals surface area contributed by atoms with Gasteiger partial charge in [-0.2, -0.15) is 0 Å². The second-order valence-electron chi connectivity index (χ2n) is 17.4. The molecule has 0 radical (unpaired) electrons. The molecule has 59 heavy (non-hydrogen) atoms. The number of carbonyl (C=O) groups excluding carboxylic acids is 4. The van der Waals surface area contributed by atoms with Crippen LogP contribution in [0.3, 0.4) is 0 Å². The molecule has 312 valence electrons. The first-order valence-corrected chi connectivity index (χ1v) is 20.7. The Balaban J connectivity index is 0.785. The molecule has 0 saturated carbocycles. The Morgan fingerprint density at radius 3 is 2.46 bits per heavy atom. The molecule has 9 rings (SSSR count). The van der Waals surface area contributed by atoms with Gasteiger partial charge < -0.3 is 34.9 Å². The SMILES string of the molecule is C[C@@H]1CN(CC2CCN(c3ccc4c(c3)C(=O)N([C@H]3CCC(=O)NC3=O)C4)CC2)C[C@@H](C)N1C(=O)N1CCN2c3cc(-c4cc(F)cc(F)c4O)nnc3NC[C@]2(C)C1. The van der Waals surface area contributed by atoms with E-state index >= 15 is 0 Å². The predicted octanol–water partition coefficient (Wildman–Crippen LogP) is 3.63. The molecule has 3 aromatic rings. The topological polar surface area (TPSA) is 158 Å². The minimum Gasteiger partial charge on any atom is -0.504 e. The van der Waals surface area contributed by atoms with Gasteiger partial charge in [-0.15, -0.1) is 10.2 Å². The highest BCUT2D eigenvalue weighted by Gasteiger charge is 2.46. The third-order valence-electron chi connectivity index (χ3n) is 13.3. The number of aromatic nitrogens is 2.